The molecule has 6 N–H and O–H groups in total. The van der Waals surface area contributed by atoms with Gasteiger partial charge in [0.15, 0.2) is 0 Å². The van der Waals surface area contributed by atoms with Crippen LogP contribution in [0.3, 0.4) is 0 Å². The van der Waals surface area contributed by atoms with Crippen LogP contribution in [0.4, 0.5) is 11.4 Å². The highest BCUT2D eigenvalue weighted by Gasteiger charge is 2.10. The number of nitrogen functional groups attached to an aromatic ring is 1. The summed E-state index contributed by atoms with van der Waals surface area (Å²) in [5.74, 6) is 4.80. The molecule has 0 atom stereocenters. The molecule has 0 saturated carbocycles. The Kier molecular flexibility index (Phi) is 4.17. The van der Waals surface area contributed by atoms with Gasteiger partial charge >= 0.3 is 0 Å². The van der Waals surface area contributed by atoms with Crippen molar-refractivity contribution in [1.29, 1.82) is 0 Å². The summed E-state index contributed by atoms with van der Waals surface area (Å²) in [5.41, 5.74) is 3.54. The third kappa shape index (κ3) is 3.75. The number of amides is 1. The number of nitrogens with one attached hydrogen (secondary N) is 2. The summed E-state index contributed by atoms with van der Waals surface area (Å²) in [6.45, 7) is 0. The van der Waals surface area contributed by atoms with Gasteiger partial charge in [-0.15, -0.1) is 0 Å². The summed E-state index contributed by atoms with van der Waals surface area (Å²) >= 11 is 0. The predicted molar refractivity (Wildman–Crippen MR) is 77.8 cm³/mol. The highest BCUT2D eigenvalue weighted by molar-refractivity contribution is 7.89. The Balaban J connectivity index is 2.16. The van der Waals surface area contributed by atoms with E-state index in [0.717, 1.165) is 0 Å². The van der Waals surface area contributed by atoms with Crippen molar-refractivity contribution in [2.45, 2.75) is 4.90 Å². The molecule has 0 unspecified atom stereocenters. The largest absolute Gasteiger partial charge is 0.324 e. The molecular weight excluding hydrogens is 294 g/mol. The topological polar surface area (TPSA) is 140 Å². The predicted octanol–water partition coefficient (Wildman–Crippen LogP) is 0.267. The van der Waals surface area contributed by atoms with Crippen molar-refractivity contribution in [1.82, 2.24) is 4.98 Å². The lowest BCUT2D eigenvalue weighted by molar-refractivity contribution is 0.102. The number of benzene rings is 1. The van der Waals surface area contributed by atoms with Crippen molar-refractivity contribution < 1.29 is 13.2 Å². The highest BCUT2D eigenvalue weighted by atomic mass is 32.2. The molecule has 1 aromatic carbocycles. The Hall–Kier alpha value is -2.49. The summed E-state index contributed by atoms with van der Waals surface area (Å²) in [6, 6.07) is 8.56. The van der Waals surface area contributed by atoms with Gasteiger partial charge in [0.1, 0.15) is 5.69 Å². The van der Waals surface area contributed by atoms with Gasteiger partial charge in [-0.1, -0.05) is 0 Å². The number of pyridine rings is 1. The van der Waals surface area contributed by atoms with Crippen LogP contribution < -0.4 is 21.7 Å². The van der Waals surface area contributed by atoms with Crippen molar-refractivity contribution in [3.8, 4) is 0 Å². The molecule has 2 aromatic rings. The molecule has 0 aliphatic heterocycles. The third-order valence-electron chi connectivity index (χ3n) is 2.60. The van der Waals surface area contributed by atoms with Crippen molar-refractivity contribution in [2.24, 2.45) is 11.0 Å². The second-order valence-corrected chi connectivity index (χ2v) is 5.66. The van der Waals surface area contributed by atoms with Crippen molar-refractivity contribution >= 4 is 27.3 Å². The van der Waals surface area contributed by atoms with Crippen LogP contribution in [0.5, 0.6) is 0 Å². The number of carbonyl (C=O) groups is 1. The van der Waals surface area contributed by atoms with Crippen molar-refractivity contribution in [3.63, 3.8) is 0 Å². The number of primary sulfonamides is 1. The maximum atomic E-state index is 12.0. The number of hydrogen-bond acceptors (Lipinski definition) is 6. The molecule has 2 rings (SSSR count). The lowest BCUT2D eigenvalue weighted by Gasteiger charge is -2.06. The number of hydrazine groups is 1. The van der Waals surface area contributed by atoms with E-state index in [1.54, 1.807) is 6.07 Å². The van der Waals surface area contributed by atoms with Crippen molar-refractivity contribution in [3.05, 3.63) is 48.3 Å². The number of anilines is 2. The fourth-order valence-corrected chi connectivity index (χ4v) is 2.08. The molecule has 0 bridgehead atoms. The molecule has 8 nitrogen and oxygen atoms in total. The van der Waals surface area contributed by atoms with E-state index in [1.807, 2.05) is 0 Å². The number of aromatic nitrogens is 1. The van der Waals surface area contributed by atoms with Gasteiger partial charge in [0.25, 0.3) is 5.91 Å². The average molecular weight is 307 g/mol. The molecule has 9 heteroatoms. The van der Waals surface area contributed by atoms with Crippen LogP contribution in [0.15, 0.2) is 47.5 Å². The van der Waals surface area contributed by atoms with E-state index in [0.29, 0.717) is 11.4 Å². The molecule has 110 valence electrons. The molecule has 1 heterocycles. The van der Waals surface area contributed by atoms with E-state index in [9.17, 15) is 13.2 Å². The van der Waals surface area contributed by atoms with Gasteiger partial charge in [0.2, 0.25) is 10.0 Å². The van der Waals surface area contributed by atoms with Crippen LogP contribution >= 0.6 is 0 Å². The summed E-state index contributed by atoms with van der Waals surface area (Å²) in [5, 5.41) is 7.57. The number of nitrogens with zero attached hydrogens (tertiary/aromatic N) is 1. The van der Waals surface area contributed by atoms with E-state index < -0.39 is 15.9 Å². The molecule has 1 amide bonds. The smallest absolute Gasteiger partial charge is 0.274 e. The minimum absolute atomic E-state index is 0.0343. The monoisotopic (exact) mass is 307 g/mol. The van der Waals surface area contributed by atoms with E-state index in [2.05, 4.69) is 15.7 Å². The zero-order chi connectivity index (χ0) is 15.5. The number of rotatable bonds is 4. The van der Waals surface area contributed by atoms with E-state index in [-0.39, 0.29) is 10.6 Å². The minimum Gasteiger partial charge on any atom is -0.324 e. The molecular formula is C12H13N5O3S. The van der Waals surface area contributed by atoms with Gasteiger partial charge in [0, 0.05) is 11.9 Å². The second-order valence-electron chi connectivity index (χ2n) is 4.10. The Morgan fingerprint density at radius 3 is 2.33 bits per heavy atom. The molecule has 0 radical (unpaired) electrons. The van der Waals surface area contributed by atoms with Crippen LogP contribution in [0.1, 0.15) is 10.5 Å². The van der Waals surface area contributed by atoms with Crippen LogP contribution in [0.2, 0.25) is 0 Å². The summed E-state index contributed by atoms with van der Waals surface area (Å²) < 4.78 is 22.2. The minimum atomic E-state index is -3.76. The number of sulfonamides is 1. The van der Waals surface area contributed by atoms with Gasteiger partial charge in [-0.3, -0.25) is 15.6 Å². The lowest BCUT2D eigenvalue weighted by Crippen LogP contribution is -2.15. The lowest BCUT2D eigenvalue weighted by atomic mass is 10.2. The SMILES string of the molecule is NNc1ccnc(C(=O)Nc2ccc(S(N)(=O)=O)cc2)c1. The van der Waals surface area contributed by atoms with E-state index in [4.69, 9.17) is 11.0 Å². The van der Waals surface area contributed by atoms with Gasteiger partial charge in [-0.2, -0.15) is 0 Å². The fraction of sp³-hybridized carbons (Fsp3) is 0. The Morgan fingerprint density at radius 1 is 1.10 bits per heavy atom. The zero-order valence-corrected chi connectivity index (χ0v) is 11.6. The van der Waals surface area contributed by atoms with Gasteiger partial charge in [-0.05, 0) is 36.4 Å². The number of nitrogens with two attached hydrogens (primary N) is 2. The van der Waals surface area contributed by atoms with E-state index >= 15 is 0 Å². The van der Waals surface area contributed by atoms with Crippen LogP contribution in [-0.4, -0.2) is 19.3 Å². The first-order valence-corrected chi connectivity index (χ1v) is 7.31. The molecule has 21 heavy (non-hydrogen) atoms. The van der Waals surface area contributed by atoms with Gasteiger partial charge < -0.3 is 10.7 Å². The summed E-state index contributed by atoms with van der Waals surface area (Å²) in [6.07, 6.45) is 1.44. The molecule has 1 aromatic heterocycles. The maximum Gasteiger partial charge on any atom is 0.274 e. The van der Waals surface area contributed by atoms with Crippen LogP contribution in [0.25, 0.3) is 0 Å². The van der Waals surface area contributed by atoms with Crippen LogP contribution in [-0.2, 0) is 10.0 Å². The molecule has 0 saturated heterocycles. The Bertz CT molecular complexity index is 759. The zero-order valence-electron chi connectivity index (χ0n) is 10.8. The third-order valence-corrected chi connectivity index (χ3v) is 3.53. The Morgan fingerprint density at radius 2 is 1.76 bits per heavy atom. The first kappa shape index (κ1) is 14.9. The van der Waals surface area contributed by atoms with E-state index in [1.165, 1.54) is 36.5 Å². The second kappa shape index (κ2) is 5.87. The van der Waals surface area contributed by atoms with Gasteiger partial charge in [0.05, 0.1) is 10.6 Å². The molecule has 0 aliphatic rings. The van der Waals surface area contributed by atoms with Crippen molar-refractivity contribution in [2.75, 3.05) is 10.7 Å². The number of carbonyl (C=O) groups excluding carboxylic acids is 1. The highest BCUT2D eigenvalue weighted by Crippen LogP contribution is 2.14. The summed E-state index contributed by atoms with van der Waals surface area (Å²) in [7, 11) is -3.76. The molecule has 0 fully saturated rings. The van der Waals surface area contributed by atoms with Gasteiger partial charge in [-0.25, -0.2) is 13.6 Å². The standard InChI is InChI=1S/C12H13N5O3S/c13-17-9-5-6-15-11(7-9)12(18)16-8-1-3-10(4-2-8)21(14,19)20/h1-7H,13H2,(H,15,17)(H,16,18)(H2,14,19,20). The first-order valence-electron chi connectivity index (χ1n) is 5.77. The maximum absolute atomic E-state index is 12.0. The fourth-order valence-electron chi connectivity index (χ4n) is 1.57. The van der Waals surface area contributed by atoms with Crippen LogP contribution in [0, 0.1) is 0 Å². The Labute approximate surface area is 121 Å². The first-order chi connectivity index (χ1) is 9.90. The quantitative estimate of drug-likeness (QED) is 0.472. The number of hydrogen-bond donors (Lipinski definition) is 4. The normalized spacial score (nSPS) is 11.0. The molecule has 0 aliphatic carbocycles. The average Bonchev–Trinajstić information content (AvgIpc) is 2.47. The summed E-state index contributed by atoms with van der Waals surface area (Å²) in [4.78, 5) is 15.9. The molecule has 0 spiro atoms.